The number of aromatic nitrogens is 2. The monoisotopic (exact) mass is 502 g/mol. The van der Waals surface area contributed by atoms with Crippen molar-refractivity contribution in [3.63, 3.8) is 0 Å². The summed E-state index contributed by atoms with van der Waals surface area (Å²) in [5.74, 6) is -0.698. The number of carbonyl (C=O) groups excluding carboxylic acids is 2. The van der Waals surface area contributed by atoms with Crippen LogP contribution in [0.2, 0.25) is 0 Å². The number of amides is 2. The van der Waals surface area contributed by atoms with Gasteiger partial charge in [-0.1, -0.05) is 54.6 Å². The third kappa shape index (κ3) is 5.75. The van der Waals surface area contributed by atoms with Crippen molar-refractivity contribution < 1.29 is 9.59 Å². The maximum atomic E-state index is 13.1. The van der Waals surface area contributed by atoms with Crippen LogP contribution in [-0.4, -0.2) is 27.9 Å². The topological polar surface area (TPSA) is 76.0 Å². The number of nitrogens with zero attached hydrogens (tertiary/aromatic N) is 2. The molecule has 7 heteroatoms. The normalized spacial score (nSPS) is 11.4. The standard InChI is InChI=1S/C26H23BrN4O2/c27-23-12-4-3-11-22(23)25(32)30-24(26(33)29-13-6-15-31-16-14-28-18-31)17-20-9-5-8-19-7-1-2-10-21(19)20/h1-5,7-12,14,16-18H,6,13,15H2,(H,29,33)(H,30,32). The quantitative estimate of drug-likeness (QED) is 0.269. The maximum Gasteiger partial charge on any atom is 0.267 e. The van der Waals surface area contributed by atoms with Crippen LogP contribution in [0.4, 0.5) is 0 Å². The van der Waals surface area contributed by atoms with Crippen LogP contribution in [0.3, 0.4) is 0 Å². The van der Waals surface area contributed by atoms with Crippen LogP contribution in [0.1, 0.15) is 22.3 Å². The Kier molecular flexibility index (Phi) is 7.32. The molecule has 0 fully saturated rings. The second-order valence-electron chi connectivity index (χ2n) is 7.47. The van der Waals surface area contributed by atoms with E-state index in [0.29, 0.717) is 16.6 Å². The van der Waals surface area contributed by atoms with E-state index in [2.05, 4.69) is 31.5 Å². The number of rotatable bonds is 8. The molecule has 0 aliphatic rings. The fraction of sp³-hybridized carbons (Fsp3) is 0.115. The summed E-state index contributed by atoms with van der Waals surface area (Å²) in [6.07, 6.45) is 7.81. The first-order valence-corrected chi connectivity index (χ1v) is 11.4. The Labute approximate surface area is 200 Å². The van der Waals surface area contributed by atoms with Gasteiger partial charge >= 0.3 is 0 Å². The second-order valence-corrected chi connectivity index (χ2v) is 8.32. The summed E-state index contributed by atoms with van der Waals surface area (Å²) in [5, 5.41) is 7.78. The van der Waals surface area contributed by atoms with Crippen molar-refractivity contribution in [3.05, 3.63) is 107 Å². The fourth-order valence-corrected chi connectivity index (χ4v) is 3.97. The smallest absolute Gasteiger partial charge is 0.267 e. The van der Waals surface area contributed by atoms with E-state index in [9.17, 15) is 9.59 Å². The van der Waals surface area contributed by atoms with Gasteiger partial charge in [0.15, 0.2) is 0 Å². The molecule has 0 bridgehead atoms. The highest BCUT2D eigenvalue weighted by atomic mass is 79.9. The molecule has 1 heterocycles. The van der Waals surface area contributed by atoms with E-state index in [1.165, 1.54) is 0 Å². The molecule has 0 atom stereocenters. The highest BCUT2D eigenvalue weighted by Gasteiger charge is 2.16. The average molecular weight is 503 g/mol. The zero-order valence-corrected chi connectivity index (χ0v) is 19.5. The van der Waals surface area contributed by atoms with Gasteiger partial charge in [-0.05, 0) is 56.9 Å². The molecule has 0 spiro atoms. The lowest BCUT2D eigenvalue weighted by molar-refractivity contribution is -0.117. The number of nitrogens with one attached hydrogen (secondary N) is 2. The number of halogens is 1. The molecular weight excluding hydrogens is 480 g/mol. The molecule has 2 N–H and O–H groups in total. The minimum Gasteiger partial charge on any atom is -0.351 e. The van der Waals surface area contributed by atoms with Gasteiger partial charge in [0.05, 0.1) is 11.9 Å². The third-order valence-electron chi connectivity index (χ3n) is 5.17. The number of imidazole rings is 1. The van der Waals surface area contributed by atoms with E-state index in [1.54, 1.807) is 36.8 Å². The van der Waals surface area contributed by atoms with E-state index >= 15 is 0 Å². The van der Waals surface area contributed by atoms with Crippen molar-refractivity contribution in [1.82, 2.24) is 20.2 Å². The van der Waals surface area contributed by atoms with Gasteiger partial charge in [0, 0.05) is 30.0 Å². The lowest BCUT2D eigenvalue weighted by Gasteiger charge is -2.13. The van der Waals surface area contributed by atoms with Crippen molar-refractivity contribution in [2.75, 3.05) is 6.54 Å². The van der Waals surface area contributed by atoms with Crippen molar-refractivity contribution in [2.24, 2.45) is 0 Å². The number of benzene rings is 3. The first-order chi connectivity index (χ1) is 16.1. The summed E-state index contributed by atoms with van der Waals surface area (Å²) in [5.41, 5.74) is 1.49. The molecule has 4 aromatic rings. The third-order valence-corrected chi connectivity index (χ3v) is 5.86. The lowest BCUT2D eigenvalue weighted by Crippen LogP contribution is -2.35. The van der Waals surface area contributed by atoms with Crippen molar-refractivity contribution >= 4 is 44.6 Å². The molecule has 0 unspecified atom stereocenters. The number of hydrogen-bond acceptors (Lipinski definition) is 3. The molecule has 0 saturated heterocycles. The van der Waals surface area contributed by atoms with Crippen LogP contribution in [0.15, 0.2) is 95.6 Å². The van der Waals surface area contributed by atoms with Crippen LogP contribution < -0.4 is 10.6 Å². The Hall–Kier alpha value is -3.71. The summed E-state index contributed by atoms with van der Waals surface area (Å²) in [6.45, 7) is 1.21. The average Bonchev–Trinajstić information content (AvgIpc) is 3.35. The molecule has 166 valence electrons. The fourth-order valence-electron chi connectivity index (χ4n) is 3.50. The van der Waals surface area contributed by atoms with Gasteiger partial charge in [0.25, 0.3) is 11.8 Å². The van der Waals surface area contributed by atoms with E-state index in [0.717, 1.165) is 29.3 Å². The summed E-state index contributed by atoms with van der Waals surface area (Å²) >= 11 is 3.41. The Morgan fingerprint density at radius 3 is 2.61 bits per heavy atom. The summed E-state index contributed by atoms with van der Waals surface area (Å²) in [4.78, 5) is 30.0. The zero-order valence-electron chi connectivity index (χ0n) is 17.9. The Balaban J connectivity index is 1.57. The van der Waals surface area contributed by atoms with Gasteiger partial charge in [0.2, 0.25) is 0 Å². The predicted molar refractivity (Wildman–Crippen MR) is 133 cm³/mol. The summed E-state index contributed by atoms with van der Waals surface area (Å²) in [7, 11) is 0. The van der Waals surface area contributed by atoms with E-state index in [1.807, 2.05) is 59.3 Å². The molecule has 4 rings (SSSR count). The molecule has 1 aromatic heterocycles. The molecule has 2 amide bonds. The van der Waals surface area contributed by atoms with Crippen LogP contribution in [0, 0.1) is 0 Å². The van der Waals surface area contributed by atoms with Crippen molar-refractivity contribution in [1.29, 1.82) is 0 Å². The Morgan fingerprint density at radius 1 is 1.00 bits per heavy atom. The molecule has 6 nitrogen and oxygen atoms in total. The summed E-state index contributed by atoms with van der Waals surface area (Å²) < 4.78 is 2.61. The van der Waals surface area contributed by atoms with Gasteiger partial charge in [-0.2, -0.15) is 0 Å². The number of hydrogen-bond donors (Lipinski definition) is 2. The SMILES string of the molecule is O=C(NCCCn1ccnc1)C(=Cc1cccc2ccccc12)NC(=O)c1ccccc1Br. The first-order valence-electron chi connectivity index (χ1n) is 10.6. The van der Waals surface area contributed by atoms with Crippen molar-refractivity contribution in [3.8, 4) is 0 Å². The largest absolute Gasteiger partial charge is 0.351 e. The number of fused-ring (bicyclic) bond motifs is 1. The van der Waals surface area contributed by atoms with Gasteiger partial charge in [-0.3, -0.25) is 9.59 Å². The molecule has 0 aliphatic heterocycles. The van der Waals surface area contributed by atoms with Gasteiger partial charge in [-0.15, -0.1) is 0 Å². The highest BCUT2D eigenvalue weighted by molar-refractivity contribution is 9.10. The molecule has 33 heavy (non-hydrogen) atoms. The van der Waals surface area contributed by atoms with E-state index in [-0.39, 0.29) is 17.5 Å². The molecular formula is C26H23BrN4O2. The molecule has 0 aliphatic carbocycles. The zero-order chi connectivity index (χ0) is 23.0. The van der Waals surface area contributed by atoms with Crippen LogP contribution in [0.25, 0.3) is 16.8 Å². The summed E-state index contributed by atoms with van der Waals surface area (Å²) in [6, 6.07) is 20.9. The number of aryl methyl sites for hydroxylation is 1. The van der Waals surface area contributed by atoms with Gasteiger partial charge < -0.3 is 15.2 Å². The van der Waals surface area contributed by atoms with Crippen LogP contribution >= 0.6 is 15.9 Å². The van der Waals surface area contributed by atoms with Gasteiger partial charge in [0.1, 0.15) is 5.70 Å². The second kappa shape index (κ2) is 10.7. The lowest BCUT2D eigenvalue weighted by atomic mass is 10.0. The maximum absolute atomic E-state index is 13.1. The predicted octanol–water partition coefficient (Wildman–Crippen LogP) is 4.78. The number of carbonyl (C=O) groups is 2. The highest BCUT2D eigenvalue weighted by Crippen LogP contribution is 2.21. The van der Waals surface area contributed by atoms with Gasteiger partial charge in [-0.25, -0.2) is 4.98 Å². The minimum atomic E-state index is -0.359. The Bertz CT molecular complexity index is 1290. The van der Waals surface area contributed by atoms with Crippen LogP contribution in [0.5, 0.6) is 0 Å². The van der Waals surface area contributed by atoms with E-state index < -0.39 is 0 Å². The molecule has 3 aromatic carbocycles. The van der Waals surface area contributed by atoms with Crippen molar-refractivity contribution in [2.45, 2.75) is 13.0 Å². The first kappa shape index (κ1) is 22.5. The Morgan fingerprint density at radius 2 is 1.79 bits per heavy atom. The van der Waals surface area contributed by atoms with Crippen LogP contribution in [-0.2, 0) is 11.3 Å². The molecule has 0 saturated carbocycles. The molecule has 0 radical (unpaired) electrons. The van der Waals surface area contributed by atoms with E-state index in [4.69, 9.17) is 0 Å². The minimum absolute atomic E-state index is 0.190.